The van der Waals surface area contributed by atoms with Crippen LogP contribution < -0.4 is 10.1 Å². The average molecular weight is 438 g/mol. The number of benzene rings is 1. The first-order valence-corrected chi connectivity index (χ1v) is 10.5. The van der Waals surface area contributed by atoms with E-state index in [0.717, 1.165) is 12.1 Å². The van der Waals surface area contributed by atoms with Gasteiger partial charge in [0.05, 0.1) is 6.61 Å². The lowest BCUT2D eigenvalue weighted by Crippen LogP contribution is -2.11. The molecular formula is C18H19F5N2O3S. The summed E-state index contributed by atoms with van der Waals surface area (Å²) in [5.41, 5.74) is 0.339. The summed E-state index contributed by atoms with van der Waals surface area (Å²) < 4.78 is 68.4. The van der Waals surface area contributed by atoms with Gasteiger partial charge in [0.15, 0.2) is 5.78 Å². The Labute approximate surface area is 164 Å². The van der Waals surface area contributed by atoms with Gasteiger partial charge in [-0.05, 0) is 42.8 Å². The standard InChI is InChI=1S/C18H19F5N2O3S/c1-2-18(27)25-17-12-13(9-10-24-17)16(26)4-3-11-28-14-5-7-15(8-6-14)29(19,20,21,22)23/h5-10,12H,2-4,11H2,1H3,(H,24,25,27). The number of Topliss-reactive ketones (excluding diaryl/α,β-unsaturated/α-hetero) is 1. The summed E-state index contributed by atoms with van der Waals surface area (Å²) in [6.45, 7) is 1.68. The zero-order valence-corrected chi connectivity index (χ0v) is 16.2. The molecule has 0 saturated carbocycles. The smallest absolute Gasteiger partial charge is 0.310 e. The van der Waals surface area contributed by atoms with Gasteiger partial charge in [0.1, 0.15) is 16.5 Å². The van der Waals surface area contributed by atoms with Gasteiger partial charge in [-0.25, -0.2) is 4.98 Å². The van der Waals surface area contributed by atoms with Crippen molar-refractivity contribution >= 4 is 27.7 Å². The molecule has 1 heterocycles. The van der Waals surface area contributed by atoms with Crippen molar-refractivity contribution in [2.75, 3.05) is 11.9 Å². The second kappa shape index (κ2) is 7.62. The maximum absolute atomic E-state index is 12.6. The van der Waals surface area contributed by atoms with Gasteiger partial charge in [-0.1, -0.05) is 26.4 Å². The highest BCUT2D eigenvalue weighted by Crippen LogP contribution is 3.02. The number of carbonyl (C=O) groups excluding carboxylic acids is 2. The summed E-state index contributed by atoms with van der Waals surface area (Å²) in [4.78, 5) is 25.5. The van der Waals surface area contributed by atoms with E-state index < -0.39 is 15.1 Å². The minimum Gasteiger partial charge on any atom is -0.494 e. The van der Waals surface area contributed by atoms with Crippen LogP contribution in [-0.2, 0) is 4.79 Å². The van der Waals surface area contributed by atoms with Gasteiger partial charge in [0.2, 0.25) is 5.91 Å². The fourth-order valence-electron chi connectivity index (χ4n) is 2.26. The molecule has 0 spiro atoms. The van der Waals surface area contributed by atoms with Crippen LogP contribution in [0.5, 0.6) is 5.75 Å². The quantitative estimate of drug-likeness (QED) is 0.291. The Balaban J connectivity index is 1.86. The normalized spacial score (nSPS) is 13.9. The number of nitrogens with zero attached hydrogens (tertiary/aromatic N) is 1. The zero-order valence-electron chi connectivity index (χ0n) is 15.3. The highest BCUT2D eigenvalue weighted by atomic mass is 32.5. The first-order valence-electron chi connectivity index (χ1n) is 8.54. The van der Waals surface area contributed by atoms with Crippen molar-refractivity contribution in [3.05, 3.63) is 48.2 Å². The molecule has 1 aromatic carbocycles. The van der Waals surface area contributed by atoms with E-state index in [1.54, 1.807) is 6.92 Å². The van der Waals surface area contributed by atoms with Crippen molar-refractivity contribution in [1.29, 1.82) is 0 Å². The van der Waals surface area contributed by atoms with E-state index in [-0.39, 0.29) is 61.3 Å². The number of carbonyl (C=O) groups is 2. The number of halogens is 5. The van der Waals surface area contributed by atoms with Crippen molar-refractivity contribution in [3.63, 3.8) is 0 Å². The van der Waals surface area contributed by atoms with Gasteiger partial charge in [0, 0.05) is 24.6 Å². The van der Waals surface area contributed by atoms with Crippen molar-refractivity contribution in [3.8, 4) is 5.75 Å². The zero-order chi connectivity index (χ0) is 21.8. The lowest BCUT2D eigenvalue weighted by atomic mass is 10.1. The number of hydrogen-bond donors (Lipinski definition) is 1. The second-order valence-electron chi connectivity index (χ2n) is 6.15. The van der Waals surface area contributed by atoms with Crippen LogP contribution in [-0.4, -0.2) is 23.3 Å². The molecule has 0 bridgehead atoms. The molecule has 2 rings (SSSR count). The Morgan fingerprint density at radius 3 is 2.31 bits per heavy atom. The molecule has 2 aromatic rings. The van der Waals surface area contributed by atoms with E-state index in [1.165, 1.54) is 18.3 Å². The van der Waals surface area contributed by atoms with Crippen LogP contribution in [0.1, 0.15) is 36.5 Å². The van der Waals surface area contributed by atoms with Crippen molar-refractivity contribution < 1.29 is 33.8 Å². The minimum atomic E-state index is -9.70. The molecule has 1 aromatic heterocycles. The van der Waals surface area contributed by atoms with E-state index in [9.17, 15) is 29.0 Å². The van der Waals surface area contributed by atoms with Crippen LogP contribution in [0.4, 0.5) is 25.2 Å². The van der Waals surface area contributed by atoms with Crippen LogP contribution >= 0.6 is 10.2 Å². The Morgan fingerprint density at radius 1 is 1.07 bits per heavy atom. The SMILES string of the molecule is CCC(=O)Nc1cc(C(=O)CCCOc2ccc(S(F)(F)(F)(F)F)cc2)ccn1. The minimum absolute atomic E-state index is 0.00596. The topological polar surface area (TPSA) is 68.3 Å². The van der Waals surface area contributed by atoms with Crippen molar-refractivity contribution in [2.45, 2.75) is 31.1 Å². The Hall–Kier alpha value is -2.69. The third-order valence-electron chi connectivity index (χ3n) is 3.76. The fourth-order valence-corrected chi connectivity index (χ4v) is 2.91. The number of anilines is 1. The Bertz CT molecular complexity index is 903. The van der Waals surface area contributed by atoms with E-state index in [2.05, 4.69) is 10.3 Å². The first kappa shape index (κ1) is 22.6. The summed E-state index contributed by atoms with van der Waals surface area (Å²) in [5, 5.41) is 2.54. The lowest BCUT2D eigenvalue weighted by Gasteiger charge is -2.40. The summed E-state index contributed by atoms with van der Waals surface area (Å²) >= 11 is 0. The molecule has 29 heavy (non-hydrogen) atoms. The van der Waals surface area contributed by atoms with Crippen molar-refractivity contribution in [2.24, 2.45) is 0 Å². The van der Waals surface area contributed by atoms with Gasteiger partial charge in [-0.15, -0.1) is 0 Å². The van der Waals surface area contributed by atoms with E-state index >= 15 is 0 Å². The van der Waals surface area contributed by atoms with E-state index in [1.807, 2.05) is 0 Å². The summed E-state index contributed by atoms with van der Waals surface area (Å²) in [5.74, 6) is -0.245. The highest BCUT2D eigenvalue weighted by Gasteiger charge is 2.65. The second-order valence-corrected chi connectivity index (χ2v) is 8.56. The fraction of sp³-hybridized carbons (Fsp3) is 0.278. The number of hydrogen-bond acceptors (Lipinski definition) is 4. The predicted molar refractivity (Wildman–Crippen MR) is 100 cm³/mol. The number of rotatable bonds is 9. The number of ether oxygens (including phenoxy) is 1. The first-order chi connectivity index (χ1) is 13.3. The molecule has 0 aliphatic carbocycles. The van der Waals surface area contributed by atoms with Crippen LogP contribution in [0, 0.1) is 0 Å². The number of nitrogens with one attached hydrogen (secondary N) is 1. The van der Waals surface area contributed by atoms with Crippen LogP contribution in [0.25, 0.3) is 0 Å². The van der Waals surface area contributed by atoms with Gasteiger partial charge >= 0.3 is 10.2 Å². The van der Waals surface area contributed by atoms with Gasteiger partial charge in [0.25, 0.3) is 0 Å². The number of pyridine rings is 1. The van der Waals surface area contributed by atoms with Crippen LogP contribution in [0.3, 0.4) is 0 Å². The largest absolute Gasteiger partial charge is 0.494 e. The molecule has 0 atom stereocenters. The number of aromatic nitrogens is 1. The maximum atomic E-state index is 12.6. The number of amides is 1. The van der Waals surface area contributed by atoms with Gasteiger partial charge in [-0.3, -0.25) is 9.59 Å². The predicted octanol–water partition coefficient (Wildman–Crippen LogP) is 6.13. The van der Waals surface area contributed by atoms with Crippen LogP contribution in [0.15, 0.2) is 47.5 Å². The maximum Gasteiger partial charge on any atom is 0.310 e. The molecule has 160 valence electrons. The Kier molecular flexibility index (Phi) is 5.94. The van der Waals surface area contributed by atoms with Gasteiger partial charge in [-0.2, -0.15) is 0 Å². The monoisotopic (exact) mass is 438 g/mol. The molecule has 0 unspecified atom stereocenters. The molecular weight excluding hydrogens is 419 g/mol. The van der Waals surface area contributed by atoms with Crippen molar-refractivity contribution in [1.82, 2.24) is 4.98 Å². The van der Waals surface area contributed by atoms with E-state index in [0.29, 0.717) is 5.56 Å². The van der Waals surface area contributed by atoms with E-state index in [4.69, 9.17) is 4.74 Å². The molecule has 0 aliphatic heterocycles. The molecule has 5 nitrogen and oxygen atoms in total. The average Bonchev–Trinajstić information content (AvgIpc) is 2.63. The van der Waals surface area contributed by atoms with Crippen LogP contribution in [0.2, 0.25) is 0 Å². The molecule has 11 heteroatoms. The molecule has 0 aliphatic rings. The summed E-state index contributed by atoms with van der Waals surface area (Å²) in [7, 11) is -9.70. The molecule has 0 fully saturated rings. The molecule has 0 saturated heterocycles. The molecule has 1 amide bonds. The number of ketones is 1. The molecule has 0 radical (unpaired) electrons. The lowest BCUT2D eigenvalue weighted by molar-refractivity contribution is -0.115. The summed E-state index contributed by atoms with van der Waals surface area (Å²) in [6, 6.07) is 5.08. The highest BCUT2D eigenvalue weighted by molar-refractivity contribution is 8.45. The third-order valence-corrected chi connectivity index (χ3v) is 4.92. The van der Waals surface area contributed by atoms with Gasteiger partial charge < -0.3 is 10.1 Å². The molecule has 1 N–H and O–H groups in total. The Morgan fingerprint density at radius 2 is 1.72 bits per heavy atom. The summed E-state index contributed by atoms with van der Waals surface area (Å²) in [6.07, 6.45) is 1.98. The third kappa shape index (κ3) is 7.00.